The molecule has 101 valence electrons. The quantitative estimate of drug-likeness (QED) is 0.394. The van der Waals surface area contributed by atoms with E-state index in [-0.39, 0.29) is 88.7 Å². The van der Waals surface area contributed by atoms with Gasteiger partial charge in [0, 0.05) is 12.4 Å². The first-order valence-electron chi connectivity index (χ1n) is 3.61. The van der Waals surface area contributed by atoms with Gasteiger partial charge in [0.15, 0.2) is 5.60 Å². The molecule has 0 aromatic carbocycles. The van der Waals surface area contributed by atoms with Crippen LogP contribution in [0.5, 0.6) is 0 Å². The van der Waals surface area contributed by atoms with E-state index in [0.717, 1.165) is 0 Å². The Labute approximate surface area is 184 Å². The molecule has 0 radical (unpaired) electrons. The van der Waals surface area contributed by atoms with Gasteiger partial charge in [0.25, 0.3) is 0 Å². The van der Waals surface area contributed by atoms with Gasteiger partial charge >= 0.3 is 127 Å². The average Bonchev–Trinajstić information content (AvgIpc) is 1.98. The normalized spacial score (nSPS) is 11.2. The van der Waals surface area contributed by atoms with Gasteiger partial charge in [-0.1, -0.05) is 0 Å². The predicted molar refractivity (Wildman–Crippen MR) is 35.1 cm³/mol. The zero-order valence-electron chi connectivity index (χ0n) is 11.0. The first kappa shape index (κ1) is 33.3. The summed E-state index contributed by atoms with van der Waals surface area (Å²) in [6.45, 7) is 0. The summed E-state index contributed by atoms with van der Waals surface area (Å²) >= 11 is -3.65. The van der Waals surface area contributed by atoms with Crippen molar-refractivity contribution >= 4 is 17.9 Å². The van der Waals surface area contributed by atoms with Gasteiger partial charge in [0.1, 0.15) is 0 Å². The molecular weight excluding hydrogens is 356 g/mol. The maximum atomic E-state index is 10.3. The van der Waals surface area contributed by atoms with Gasteiger partial charge in [0.2, 0.25) is 0 Å². The van der Waals surface area contributed by atoms with E-state index in [1.165, 1.54) is 0 Å². The number of carbonyl (C=O) groups excluding carboxylic acids is 1. The molecule has 20 heavy (non-hydrogen) atoms. The van der Waals surface area contributed by atoms with Crippen molar-refractivity contribution in [3.05, 3.63) is 0 Å². The first-order valence-corrected chi connectivity index (χ1v) is 5.06. The average molecular weight is 363 g/mol. The van der Waals surface area contributed by atoms with Crippen LogP contribution in [-0.2, 0) is 32.7 Å². The van der Waals surface area contributed by atoms with E-state index in [1.54, 1.807) is 0 Å². The van der Waals surface area contributed by atoms with Crippen molar-refractivity contribution in [3.8, 4) is 0 Å². The van der Waals surface area contributed by atoms with Gasteiger partial charge in [-0.3, -0.25) is 4.79 Å². The van der Waals surface area contributed by atoms with Crippen LogP contribution in [0.15, 0.2) is 0 Å². The molecule has 3 N–H and O–H groups in total. The Bertz CT molecular complexity index is 315. The summed E-state index contributed by atoms with van der Waals surface area (Å²) < 4.78 is 25.6. The van der Waals surface area contributed by atoms with E-state index in [4.69, 9.17) is 27.5 Å². The van der Waals surface area contributed by atoms with E-state index >= 15 is 0 Å². The molecule has 0 bridgehead atoms. The van der Waals surface area contributed by atoms with Crippen LogP contribution in [0.3, 0.4) is 0 Å². The standard InChI is InChI=1S/C6H8O7.Mn.3Na.3O/c7-3(8)1-6(13,5(11)12)2-4(9)10;;;;;;;/h13H,1-2H2,(H,7,8)(H,9,10)(H,11,12);;;;;;;/q;;3*+1;;2*-1/p-1. The maximum absolute atomic E-state index is 10.3. The van der Waals surface area contributed by atoms with Crippen molar-refractivity contribution < 1.29 is 150 Å². The number of aliphatic hydroxyl groups is 1. The fourth-order valence-electron chi connectivity index (χ4n) is 0.703. The van der Waals surface area contributed by atoms with Gasteiger partial charge in [-0.2, -0.15) is 0 Å². The monoisotopic (exact) mass is 363 g/mol. The zero-order chi connectivity index (χ0) is 14.2. The molecule has 0 aromatic rings. The molecule has 0 saturated heterocycles. The number of hydrogen-bond donors (Lipinski definition) is 3. The van der Waals surface area contributed by atoms with Crippen molar-refractivity contribution in [2.75, 3.05) is 0 Å². The van der Waals surface area contributed by atoms with E-state index in [0.29, 0.717) is 0 Å². The van der Waals surface area contributed by atoms with Gasteiger partial charge < -0.3 is 25.2 Å². The predicted octanol–water partition coefficient (Wildman–Crippen LogP) is -14.1. The van der Waals surface area contributed by atoms with Gasteiger partial charge in [-0.25, -0.2) is 4.79 Å². The van der Waals surface area contributed by atoms with Crippen LogP contribution in [0.1, 0.15) is 12.8 Å². The Morgan fingerprint density at radius 2 is 1.30 bits per heavy atom. The summed E-state index contributed by atoms with van der Waals surface area (Å²) in [5.41, 5.74) is -2.80. The number of carbonyl (C=O) groups is 3. The molecule has 1 atom stereocenters. The van der Waals surface area contributed by atoms with Crippen LogP contribution >= 0.6 is 0 Å². The van der Waals surface area contributed by atoms with E-state index in [2.05, 4.69) is 0 Å². The molecule has 0 aromatic heterocycles. The zero-order valence-corrected chi connectivity index (χ0v) is 18.2. The van der Waals surface area contributed by atoms with E-state index in [9.17, 15) is 19.5 Å². The summed E-state index contributed by atoms with van der Waals surface area (Å²) in [6, 6.07) is 0. The molecule has 0 aliphatic rings. The molecule has 0 amide bonds. The third-order valence-electron chi connectivity index (χ3n) is 1.28. The van der Waals surface area contributed by atoms with Crippen LogP contribution < -0.4 is 102 Å². The van der Waals surface area contributed by atoms with Gasteiger partial charge in [-0.05, 0) is 0 Å². The summed E-state index contributed by atoms with van der Waals surface area (Å²) in [6.07, 6.45) is -2.44. The van der Waals surface area contributed by atoms with Crippen LogP contribution in [0.2, 0.25) is 0 Å². The first-order chi connectivity index (χ1) is 7.51. The Kier molecular flexibility index (Phi) is 28.2. The summed E-state index contributed by atoms with van der Waals surface area (Å²) in [4.78, 5) is 30.3. The van der Waals surface area contributed by atoms with Gasteiger partial charge in [-0.15, -0.1) is 0 Å². The molecule has 0 heterocycles. The van der Waals surface area contributed by atoms with Crippen LogP contribution in [0.25, 0.3) is 0 Å². The van der Waals surface area contributed by atoms with Crippen molar-refractivity contribution in [2.24, 2.45) is 0 Å². The summed E-state index contributed by atoms with van der Waals surface area (Å²) in [7, 11) is 0. The number of rotatable bonds is 5. The molecule has 0 saturated carbocycles. The van der Waals surface area contributed by atoms with Crippen molar-refractivity contribution in [1.29, 1.82) is 0 Å². The molecule has 0 aliphatic heterocycles. The Hall–Kier alpha value is 1.61. The minimum atomic E-state index is -3.65. The summed E-state index contributed by atoms with van der Waals surface area (Å²) in [5, 5.41) is 35.5. The fraction of sp³-hybridized carbons (Fsp3) is 0.500. The molecular formula is C6H7MnNa3O10. The second-order valence-electron chi connectivity index (χ2n) is 2.65. The molecule has 10 nitrogen and oxygen atoms in total. The Morgan fingerprint density at radius 3 is 1.45 bits per heavy atom. The second kappa shape index (κ2) is 17.0. The second-order valence-corrected chi connectivity index (χ2v) is 3.24. The fourth-order valence-corrected chi connectivity index (χ4v) is 0.703. The topological polar surface area (TPSA) is 198 Å². The van der Waals surface area contributed by atoms with Crippen LogP contribution in [0.4, 0.5) is 0 Å². The third-order valence-corrected chi connectivity index (χ3v) is 1.28. The molecule has 0 rings (SSSR count). The minimum absolute atomic E-state index is 0. The van der Waals surface area contributed by atoms with Crippen molar-refractivity contribution in [3.63, 3.8) is 0 Å². The molecule has 0 spiro atoms. The molecule has 0 fully saturated rings. The number of carboxylic acid groups (broad SMARTS) is 3. The Morgan fingerprint density at radius 1 is 1.00 bits per heavy atom. The van der Waals surface area contributed by atoms with Crippen LogP contribution in [-0.4, -0.2) is 38.8 Å². The van der Waals surface area contributed by atoms with E-state index < -0.39 is 50.8 Å². The Balaban J connectivity index is -0.0000000951. The number of hydrogen-bond acceptors (Lipinski definition) is 8. The molecule has 1 unspecified atom stereocenters. The molecule has 0 aliphatic carbocycles. The van der Waals surface area contributed by atoms with Gasteiger partial charge in [0.05, 0.1) is 6.42 Å². The summed E-state index contributed by atoms with van der Waals surface area (Å²) in [5.74, 6) is -5.34. The number of aliphatic carboxylic acids is 3. The van der Waals surface area contributed by atoms with Crippen molar-refractivity contribution in [2.45, 2.75) is 18.4 Å². The molecule has 14 heteroatoms. The number of carboxylic acids is 3. The van der Waals surface area contributed by atoms with Crippen molar-refractivity contribution in [1.82, 2.24) is 0 Å². The van der Waals surface area contributed by atoms with E-state index in [1.807, 2.05) is 0 Å². The van der Waals surface area contributed by atoms with Crippen LogP contribution in [0, 0.1) is 0 Å². The SMILES string of the molecule is O=C([O-])CC(O)(CC(=O)O)C(=O)O.[Na+].[Na+].[Na+].[O]=[Mn]([O-])[O-]. The third kappa shape index (κ3) is 21.9.